The van der Waals surface area contributed by atoms with Crippen LogP contribution in [0, 0.1) is 0 Å². The topological polar surface area (TPSA) is 176 Å². The quantitative estimate of drug-likeness (QED) is 0.398. The number of carboxylic acids is 2. The summed E-state index contributed by atoms with van der Waals surface area (Å²) in [5.74, 6) is -2.35. The second-order valence-corrected chi connectivity index (χ2v) is 4.20. The van der Waals surface area contributed by atoms with Crippen LogP contribution >= 0.6 is 0 Å². The normalized spacial score (nSPS) is 10.8. The van der Waals surface area contributed by atoms with Crippen molar-refractivity contribution in [3.63, 3.8) is 0 Å². The molecule has 122 valence electrons. The van der Waals surface area contributed by atoms with Crippen LogP contribution in [0.2, 0.25) is 0 Å². The Morgan fingerprint density at radius 3 is 2.18 bits per heavy atom. The van der Waals surface area contributed by atoms with Gasteiger partial charge in [0, 0.05) is 6.54 Å². The summed E-state index contributed by atoms with van der Waals surface area (Å²) in [6.07, 6.45) is 0.839. The smallest absolute Gasteiger partial charge is 0.339 e. The monoisotopic (exact) mass is 313 g/mol. The number of benzene rings is 1. The number of nitrogens with one attached hydrogen (secondary N) is 1. The van der Waals surface area contributed by atoms with Crippen molar-refractivity contribution in [2.45, 2.75) is 18.9 Å². The summed E-state index contributed by atoms with van der Waals surface area (Å²) in [4.78, 5) is 30.6. The molecule has 0 radical (unpaired) electrons. The number of primary amides is 1. The number of aromatic carboxylic acids is 1. The van der Waals surface area contributed by atoms with Gasteiger partial charge in [-0.05, 0) is 25.0 Å². The molecule has 1 aromatic carbocycles. The average molecular weight is 313 g/mol. The van der Waals surface area contributed by atoms with Crippen LogP contribution in [0.25, 0.3) is 0 Å². The molecule has 1 rings (SSSR count). The van der Waals surface area contributed by atoms with Crippen molar-refractivity contribution < 1.29 is 29.7 Å². The minimum atomic E-state index is -1.11. The maximum Gasteiger partial charge on any atom is 0.339 e. The van der Waals surface area contributed by atoms with Crippen molar-refractivity contribution in [3.8, 4) is 5.75 Å². The Morgan fingerprint density at radius 1 is 1.18 bits per heavy atom. The zero-order valence-corrected chi connectivity index (χ0v) is 11.7. The van der Waals surface area contributed by atoms with Gasteiger partial charge in [-0.3, -0.25) is 4.79 Å². The number of carbonyl (C=O) groups excluding carboxylic acids is 1. The predicted octanol–water partition coefficient (Wildman–Crippen LogP) is -0.0628. The average Bonchev–Trinajstić information content (AvgIpc) is 2.44. The lowest BCUT2D eigenvalue weighted by atomic mass is 10.2. The van der Waals surface area contributed by atoms with Crippen molar-refractivity contribution in [3.05, 3.63) is 29.8 Å². The first-order valence-electron chi connectivity index (χ1n) is 6.28. The maximum absolute atomic E-state index is 10.3. The van der Waals surface area contributed by atoms with Crippen LogP contribution in [0.3, 0.4) is 0 Å². The Balaban J connectivity index is 0.000000406. The van der Waals surface area contributed by atoms with Crippen LogP contribution in [-0.4, -0.2) is 45.9 Å². The molecule has 0 aliphatic heterocycles. The van der Waals surface area contributed by atoms with E-state index in [9.17, 15) is 14.4 Å². The summed E-state index contributed by atoms with van der Waals surface area (Å²) in [5, 5.41) is 28.0. The fourth-order valence-corrected chi connectivity index (χ4v) is 1.31. The minimum Gasteiger partial charge on any atom is -0.507 e. The third-order valence-electron chi connectivity index (χ3n) is 2.44. The summed E-state index contributed by atoms with van der Waals surface area (Å²) in [6, 6.07) is 4.34. The van der Waals surface area contributed by atoms with Crippen molar-refractivity contribution in [2.24, 2.45) is 11.5 Å². The number of hydrogen-bond donors (Lipinski definition) is 6. The summed E-state index contributed by atoms with van der Waals surface area (Å²) in [7, 11) is 0. The zero-order valence-electron chi connectivity index (χ0n) is 11.7. The van der Waals surface area contributed by atoms with Gasteiger partial charge in [-0.1, -0.05) is 12.1 Å². The number of para-hydroxylation sites is 1. The highest BCUT2D eigenvalue weighted by atomic mass is 16.4. The highest BCUT2D eigenvalue weighted by Gasteiger charge is 2.09. The van der Waals surface area contributed by atoms with Crippen molar-refractivity contribution in [1.29, 1.82) is 0 Å². The highest BCUT2D eigenvalue weighted by Crippen LogP contribution is 2.14. The van der Waals surface area contributed by atoms with Crippen molar-refractivity contribution in [2.75, 3.05) is 6.54 Å². The van der Waals surface area contributed by atoms with Crippen LogP contribution in [-0.2, 0) is 4.79 Å². The van der Waals surface area contributed by atoms with Crippen molar-refractivity contribution in [1.82, 2.24) is 5.32 Å². The van der Waals surface area contributed by atoms with Crippen LogP contribution in [0.5, 0.6) is 5.75 Å². The summed E-state index contributed by atoms with van der Waals surface area (Å²) < 4.78 is 0. The van der Waals surface area contributed by atoms with Gasteiger partial charge in [0.1, 0.15) is 17.4 Å². The lowest BCUT2D eigenvalue weighted by Crippen LogP contribution is -2.33. The van der Waals surface area contributed by atoms with Crippen molar-refractivity contribution >= 4 is 18.0 Å². The zero-order chi connectivity index (χ0) is 17.1. The summed E-state index contributed by atoms with van der Waals surface area (Å²) >= 11 is 0. The highest BCUT2D eigenvalue weighted by molar-refractivity contribution is 5.90. The molecule has 8 N–H and O–H groups in total. The Labute approximate surface area is 126 Å². The van der Waals surface area contributed by atoms with Crippen LogP contribution < -0.4 is 16.8 Å². The number of amides is 2. The fraction of sp³-hybridized carbons (Fsp3) is 0.308. The SMILES string of the molecule is NC(=O)NCCCC(N)C(=O)O.O=C(O)c1ccccc1O. The number of hydrogen-bond acceptors (Lipinski definition) is 5. The van der Waals surface area contributed by atoms with E-state index in [4.69, 9.17) is 26.8 Å². The number of urea groups is 1. The van der Waals surface area contributed by atoms with E-state index in [0.717, 1.165) is 0 Å². The number of rotatable bonds is 6. The molecule has 9 nitrogen and oxygen atoms in total. The third-order valence-corrected chi connectivity index (χ3v) is 2.44. The molecular formula is C13H19N3O6. The number of phenols is 1. The molecule has 9 heteroatoms. The van der Waals surface area contributed by atoms with E-state index in [2.05, 4.69) is 5.32 Å². The predicted molar refractivity (Wildman–Crippen MR) is 77.5 cm³/mol. The maximum atomic E-state index is 10.3. The molecule has 1 aromatic rings. The first-order valence-corrected chi connectivity index (χ1v) is 6.28. The van der Waals surface area contributed by atoms with Crippen LogP contribution in [0.4, 0.5) is 4.79 Å². The molecule has 22 heavy (non-hydrogen) atoms. The molecule has 0 aliphatic carbocycles. The third kappa shape index (κ3) is 8.38. The standard InChI is InChI=1S/C7H6O3.C6H13N3O3/c8-6-4-2-1-3-5(6)7(9)10;7-4(5(10)11)2-1-3-9-6(8)12/h1-4,8H,(H,9,10);4H,1-3,7H2,(H,10,11)(H3,8,9,12). The van der Waals surface area contributed by atoms with E-state index in [1.165, 1.54) is 12.1 Å². The lowest BCUT2D eigenvalue weighted by Gasteiger charge is -2.05. The van der Waals surface area contributed by atoms with E-state index >= 15 is 0 Å². The van der Waals surface area contributed by atoms with Gasteiger partial charge in [0.05, 0.1) is 0 Å². The lowest BCUT2D eigenvalue weighted by molar-refractivity contribution is -0.138. The van der Waals surface area contributed by atoms with Gasteiger partial charge in [0.25, 0.3) is 0 Å². The van der Waals surface area contributed by atoms with Gasteiger partial charge in [-0.25, -0.2) is 9.59 Å². The minimum absolute atomic E-state index is 0.0671. The Morgan fingerprint density at radius 2 is 1.77 bits per heavy atom. The molecular weight excluding hydrogens is 294 g/mol. The molecule has 2 amide bonds. The molecule has 0 heterocycles. The van der Waals surface area contributed by atoms with E-state index in [1.807, 2.05) is 0 Å². The molecule has 0 saturated carbocycles. The number of nitrogens with two attached hydrogens (primary N) is 2. The second-order valence-electron chi connectivity index (χ2n) is 4.20. The fourth-order valence-electron chi connectivity index (χ4n) is 1.31. The van der Waals surface area contributed by atoms with Gasteiger partial charge in [-0.2, -0.15) is 0 Å². The number of aliphatic carboxylic acids is 1. The van der Waals surface area contributed by atoms with Gasteiger partial charge in [0.2, 0.25) is 0 Å². The van der Waals surface area contributed by atoms with E-state index in [0.29, 0.717) is 19.4 Å². The van der Waals surface area contributed by atoms with Gasteiger partial charge >= 0.3 is 18.0 Å². The van der Waals surface area contributed by atoms with E-state index in [-0.39, 0.29) is 11.3 Å². The number of carboxylic acid groups (broad SMARTS) is 2. The molecule has 0 aliphatic rings. The molecule has 1 unspecified atom stereocenters. The summed E-state index contributed by atoms with van der Waals surface area (Å²) in [5.41, 5.74) is 9.89. The summed E-state index contributed by atoms with van der Waals surface area (Å²) in [6.45, 7) is 0.357. The molecule has 0 bridgehead atoms. The largest absolute Gasteiger partial charge is 0.507 e. The van der Waals surface area contributed by atoms with Gasteiger partial charge in [-0.15, -0.1) is 0 Å². The van der Waals surface area contributed by atoms with E-state index < -0.39 is 24.0 Å². The molecule has 0 saturated heterocycles. The van der Waals surface area contributed by atoms with Gasteiger partial charge in [0.15, 0.2) is 0 Å². The molecule has 0 spiro atoms. The number of aromatic hydroxyl groups is 1. The first kappa shape index (κ1) is 19.2. The van der Waals surface area contributed by atoms with Crippen LogP contribution in [0.1, 0.15) is 23.2 Å². The van der Waals surface area contributed by atoms with Crippen LogP contribution in [0.15, 0.2) is 24.3 Å². The van der Waals surface area contributed by atoms with E-state index in [1.54, 1.807) is 12.1 Å². The van der Waals surface area contributed by atoms with Gasteiger partial charge < -0.3 is 32.1 Å². The first-order chi connectivity index (χ1) is 10.3. The second kappa shape index (κ2) is 10.00. The number of carbonyl (C=O) groups is 3. The molecule has 0 fully saturated rings. The Kier molecular flexibility index (Phi) is 8.72. The molecule has 0 aromatic heterocycles. The Hall–Kier alpha value is -2.81. The Bertz CT molecular complexity index is 520. The molecule has 1 atom stereocenters.